The van der Waals surface area contributed by atoms with E-state index in [0.717, 1.165) is 17.6 Å². The van der Waals surface area contributed by atoms with Crippen LogP contribution in [0.15, 0.2) is 60.7 Å². The molecule has 1 heterocycles. The average Bonchev–Trinajstić information content (AvgIpc) is 2.62. The first-order valence-corrected chi connectivity index (χ1v) is 8.36. The predicted octanol–water partition coefficient (Wildman–Crippen LogP) is 4.29. The van der Waals surface area contributed by atoms with Crippen molar-refractivity contribution in [3.8, 4) is 5.75 Å². The third-order valence-electron chi connectivity index (χ3n) is 4.18. The van der Waals surface area contributed by atoms with Gasteiger partial charge in [0.15, 0.2) is 11.6 Å². The van der Waals surface area contributed by atoms with E-state index in [-0.39, 0.29) is 11.9 Å². The number of halogens is 1. The lowest BCUT2D eigenvalue weighted by Gasteiger charge is -2.20. The fourth-order valence-corrected chi connectivity index (χ4v) is 2.88. The van der Waals surface area contributed by atoms with Crippen molar-refractivity contribution in [2.75, 3.05) is 0 Å². The lowest BCUT2D eigenvalue weighted by molar-refractivity contribution is 0.193. The molecule has 3 rings (SSSR count). The maximum absolute atomic E-state index is 13.6. The third kappa shape index (κ3) is 4.81. The van der Waals surface area contributed by atoms with Gasteiger partial charge in [-0.15, -0.1) is 0 Å². The average molecular weight is 338 g/mol. The Bertz CT molecular complexity index is 774. The summed E-state index contributed by atoms with van der Waals surface area (Å²) in [6.45, 7) is 0. The van der Waals surface area contributed by atoms with Gasteiger partial charge >= 0.3 is 7.12 Å². The molecule has 0 bridgehead atoms. The van der Waals surface area contributed by atoms with Gasteiger partial charge in [-0.1, -0.05) is 54.6 Å². The van der Waals surface area contributed by atoms with Gasteiger partial charge in [0.05, 0.1) is 6.10 Å². The van der Waals surface area contributed by atoms with E-state index in [9.17, 15) is 14.5 Å². The van der Waals surface area contributed by atoms with Crippen LogP contribution in [0.5, 0.6) is 5.75 Å². The Hall–Kier alpha value is -2.37. The number of benzene rings is 2. The van der Waals surface area contributed by atoms with Crippen molar-refractivity contribution in [3.05, 3.63) is 77.6 Å². The SMILES string of the molecule is OB1CC=C[C@@H](CC/C(=C/c2ccc(O)c(F)c2)c2ccccc2)O1. The molecule has 0 unspecified atom stereocenters. The molecule has 2 N–H and O–H groups in total. The van der Waals surface area contributed by atoms with E-state index in [4.69, 9.17) is 4.65 Å². The largest absolute Gasteiger partial charge is 0.505 e. The summed E-state index contributed by atoms with van der Waals surface area (Å²) in [5.74, 6) is -0.990. The third-order valence-corrected chi connectivity index (χ3v) is 4.18. The number of rotatable bonds is 5. The summed E-state index contributed by atoms with van der Waals surface area (Å²) in [5, 5.41) is 18.9. The highest BCUT2D eigenvalue weighted by Crippen LogP contribution is 2.27. The van der Waals surface area contributed by atoms with Gasteiger partial charge in [-0.3, -0.25) is 0 Å². The first-order chi connectivity index (χ1) is 12.1. The molecule has 1 aliphatic rings. The molecule has 0 aliphatic carbocycles. The van der Waals surface area contributed by atoms with Gasteiger partial charge in [0.25, 0.3) is 0 Å². The Labute approximate surface area is 147 Å². The number of allylic oxidation sites excluding steroid dienone is 2. The van der Waals surface area contributed by atoms with E-state index >= 15 is 0 Å². The number of phenolic OH excluding ortho intramolecular Hbond substituents is 1. The van der Waals surface area contributed by atoms with Crippen LogP contribution in [0.1, 0.15) is 24.0 Å². The van der Waals surface area contributed by atoms with Gasteiger partial charge in [-0.25, -0.2) is 4.39 Å². The van der Waals surface area contributed by atoms with E-state index < -0.39 is 12.9 Å². The van der Waals surface area contributed by atoms with Crippen LogP contribution in [0.3, 0.4) is 0 Å². The van der Waals surface area contributed by atoms with Crippen molar-refractivity contribution in [1.29, 1.82) is 0 Å². The van der Waals surface area contributed by atoms with Crippen molar-refractivity contribution in [1.82, 2.24) is 0 Å². The van der Waals surface area contributed by atoms with E-state index in [1.807, 2.05) is 48.6 Å². The minimum Gasteiger partial charge on any atom is -0.505 e. The van der Waals surface area contributed by atoms with Crippen molar-refractivity contribution in [2.24, 2.45) is 0 Å². The molecule has 0 spiro atoms. The predicted molar refractivity (Wildman–Crippen MR) is 98.4 cm³/mol. The van der Waals surface area contributed by atoms with Gasteiger partial charge in [0, 0.05) is 6.32 Å². The molecule has 0 amide bonds. The molecule has 2 aromatic rings. The fraction of sp³-hybridized carbons (Fsp3) is 0.200. The topological polar surface area (TPSA) is 49.7 Å². The molecule has 5 heteroatoms. The molecule has 1 atom stereocenters. The zero-order chi connectivity index (χ0) is 17.6. The summed E-state index contributed by atoms with van der Waals surface area (Å²) < 4.78 is 19.1. The summed E-state index contributed by atoms with van der Waals surface area (Å²) in [7, 11) is -0.745. The molecule has 0 saturated heterocycles. The van der Waals surface area contributed by atoms with Gasteiger partial charge in [0.2, 0.25) is 0 Å². The second-order valence-corrected chi connectivity index (χ2v) is 6.08. The van der Waals surface area contributed by atoms with Crippen LogP contribution in [-0.4, -0.2) is 23.4 Å². The Morgan fingerprint density at radius 2 is 2.04 bits per heavy atom. The van der Waals surface area contributed by atoms with E-state index in [2.05, 4.69) is 0 Å². The molecule has 0 aromatic heterocycles. The van der Waals surface area contributed by atoms with E-state index in [1.165, 1.54) is 12.1 Å². The van der Waals surface area contributed by atoms with Crippen LogP contribution >= 0.6 is 0 Å². The maximum atomic E-state index is 13.6. The first kappa shape index (κ1) is 17.5. The normalized spacial score (nSPS) is 17.8. The molecule has 0 fully saturated rings. The summed E-state index contributed by atoms with van der Waals surface area (Å²) in [6.07, 6.45) is 7.64. The van der Waals surface area contributed by atoms with Crippen LogP contribution in [0.25, 0.3) is 11.6 Å². The quantitative estimate of drug-likeness (QED) is 0.486. The number of hydrogen-bond donors (Lipinski definition) is 2. The van der Waals surface area contributed by atoms with Crippen LogP contribution in [0.2, 0.25) is 6.32 Å². The monoisotopic (exact) mass is 338 g/mol. The molecule has 0 saturated carbocycles. The fourth-order valence-electron chi connectivity index (χ4n) is 2.88. The second kappa shape index (κ2) is 8.14. The van der Waals surface area contributed by atoms with Crippen molar-refractivity contribution in [3.63, 3.8) is 0 Å². The Morgan fingerprint density at radius 1 is 1.24 bits per heavy atom. The zero-order valence-corrected chi connectivity index (χ0v) is 13.8. The lowest BCUT2D eigenvalue weighted by Crippen LogP contribution is -2.27. The Kier molecular flexibility index (Phi) is 5.69. The van der Waals surface area contributed by atoms with Crippen LogP contribution in [0, 0.1) is 5.82 Å². The minimum atomic E-state index is -0.745. The van der Waals surface area contributed by atoms with Crippen LogP contribution < -0.4 is 0 Å². The number of phenols is 1. The second-order valence-electron chi connectivity index (χ2n) is 6.08. The van der Waals surface area contributed by atoms with Crippen molar-refractivity contribution >= 4 is 18.8 Å². The summed E-state index contributed by atoms with van der Waals surface area (Å²) in [6, 6.07) is 14.2. The highest BCUT2D eigenvalue weighted by atomic mass is 19.1. The minimum absolute atomic E-state index is 0.132. The molecule has 0 radical (unpaired) electrons. The highest BCUT2D eigenvalue weighted by molar-refractivity contribution is 6.43. The molecule has 1 aliphatic heterocycles. The van der Waals surface area contributed by atoms with Crippen LogP contribution in [-0.2, 0) is 4.65 Å². The molecule has 2 aromatic carbocycles. The van der Waals surface area contributed by atoms with Crippen molar-refractivity contribution < 1.29 is 19.2 Å². The molecular formula is C20H20BFO3. The maximum Gasteiger partial charge on any atom is 0.458 e. The summed E-state index contributed by atoms with van der Waals surface area (Å²) >= 11 is 0. The molecule has 25 heavy (non-hydrogen) atoms. The number of aromatic hydroxyl groups is 1. The highest BCUT2D eigenvalue weighted by Gasteiger charge is 2.20. The smallest absolute Gasteiger partial charge is 0.458 e. The van der Waals surface area contributed by atoms with Gasteiger partial charge in [-0.05, 0) is 41.7 Å². The number of hydrogen-bond acceptors (Lipinski definition) is 3. The van der Waals surface area contributed by atoms with Gasteiger partial charge in [-0.2, -0.15) is 0 Å². The lowest BCUT2D eigenvalue weighted by atomic mass is 9.82. The van der Waals surface area contributed by atoms with E-state index in [1.54, 1.807) is 6.07 Å². The van der Waals surface area contributed by atoms with Crippen LogP contribution in [0.4, 0.5) is 4.39 Å². The van der Waals surface area contributed by atoms with Gasteiger partial charge in [0.1, 0.15) is 0 Å². The Morgan fingerprint density at radius 3 is 2.76 bits per heavy atom. The van der Waals surface area contributed by atoms with E-state index in [0.29, 0.717) is 18.3 Å². The Balaban J connectivity index is 1.82. The molecule has 3 nitrogen and oxygen atoms in total. The summed E-state index contributed by atoms with van der Waals surface area (Å²) in [4.78, 5) is 0. The van der Waals surface area contributed by atoms with Crippen molar-refractivity contribution in [2.45, 2.75) is 25.3 Å². The first-order valence-electron chi connectivity index (χ1n) is 8.36. The molecular weight excluding hydrogens is 318 g/mol. The van der Waals surface area contributed by atoms with Gasteiger partial charge < -0.3 is 14.8 Å². The summed E-state index contributed by atoms with van der Waals surface area (Å²) in [5.41, 5.74) is 2.79. The molecule has 128 valence electrons. The zero-order valence-electron chi connectivity index (χ0n) is 13.8. The standard InChI is InChI=1S/C20H20BFO3/c22-19-14-15(8-11-20(19)23)13-17(16-5-2-1-3-6-16)9-10-18-7-4-12-21(24)25-18/h1-8,11,13-14,18,23-24H,9-10,12H2/b17-13-/t18-/m0/s1.